The zero-order valence-electron chi connectivity index (χ0n) is 7.35. The Hall–Kier alpha value is -0.520. The molecule has 0 N–H and O–H groups in total. The molecule has 0 spiro atoms. The van der Waals surface area contributed by atoms with E-state index in [1.54, 1.807) is 0 Å². The summed E-state index contributed by atoms with van der Waals surface area (Å²) in [5.74, 6) is 0.815. The van der Waals surface area contributed by atoms with Gasteiger partial charge in [0.1, 0.15) is 0 Å². The molecule has 0 radical (unpaired) electrons. The van der Waals surface area contributed by atoms with Crippen LogP contribution in [0.2, 0.25) is 0 Å². The van der Waals surface area contributed by atoms with E-state index < -0.39 is 0 Å². The number of hydrogen-bond acceptors (Lipinski definition) is 0. The van der Waals surface area contributed by atoms with Crippen LogP contribution in [0.1, 0.15) is 33.6 Å². The monoisotopic (exact) mass is 138 g/mol. The van der Waals surface area contributed by atoms with E-state index in [2.05, 4.69) is 33.4 Å². The molecule has 0 fully saturated rings. The van der Waals surface area contributed by atoms with Crippen LogP contribution in [0.3, 0.4) is 0 Å². The van der Waals surface area contributed by atoms with Gasteiger partial charge in [-0.2, -0.15) is 0 Å². The third-order valence-electron chi connectivity index (χ3n) is 1.86. The SMILES string of the molecule is C=C/C(C)=C\CC(C)CC. The Kier molecular flexibility index (Phi) is 5.00. The lowest BCUT2D eigenvalue weighted by molar-refractivity contribution is 0.571. The summed E-state index contributed by atoms with van der Waals surface area (Å²) in [5.41, 5.74) is 1.29. The topological polar surface area (TPSA) is 0 Å². The second-order valence-electron chi connectivity index (χ2n) is 2.90. The minimum absolute atomic E-state index is 0.815. The van der Waals surface area contributed by atoms with Crippen molar-refractivity contribution in [2.24, 2.45) is 5.92 Å². The Balaban J connectivity index is 3.60. The van der Waals surface area contributed by atoms with Crippen molar-refractivity contribution in [3.05, 3.63) is 24.3 Å². The molecule has 0 aliphatic carbocycles. The summed E-state index contributed by atoms with van der Waals surface area (Å²) >= 11 is 0. The standard InChI is InChI=1S/C10H18/c1-5-9(3)7-8-10(4)6-2/h5,7,10H,1,6,8H2,2-4H3/b9-7-. The predicted octanol–water partition coefficient (Wildman–Crippen LogP) is 3.55. The van der Waals surface area contributed by atoms with Crippen molar-refractivity contribution in [2.45, 2.75) is 33.6 Å². The van der Waals surface area contributed by atoms with Gasteiger partial charge >= 0.3 is 0 Å². The van der Waals surface area contributed by atoms with Crippen molar-refractivity contribution >= 4 is 0 Å². The highest BCUT2D eigenvalue weighted by atomic mass is 14.0. The summed E-state index contributed by atoms with van der Waals surface area (Å²) in [6.45, 7) is 10.3. The molecule has 0 aromatic carbocycles. The maximum atomic E-state index is 3.70. The molecule has 58 valence electrons. The Morgan fingerprint density at radius 3 is 2.60 bits per heavy atom. The lowest BCUT2D eigenvalue weighted by Gasteiger charge is -2.02. The maximum Gasteiger partial charge on any atom is -0.0319 e. The molecule has 10 heavy (non-hydrogen) atoms. The summed E-state index contributed by atoms with van der Waals surface area (Å²) in [6.07, 6.45) is 6.61. The van der Waals surface area contributed by atoms with Gasteiger partial charge in [-0.25, -0.2) is 0 Å². The molecule has 0 nitrogen and oxygen atoms in total. The highest BCUT2D eigenvalue weighted by Crippen LogP contribution is 2.08. The first kappa shape index (κ1) is 9.48. The van der Waals surface area contributed by atoms with Gasteiger partial charge < -0.3 is 0 Å². The molecule has 1 unspecified atom stereocenters. The molecule has 0 aliphatic rings. The average molecular weight is 138 g/mol. The molecule has 0 aromatic heterocycles. The first-order chi connectivity index (χ1) is 4.70. The van der Waals surface area contributed by atoms with Gasteiger partial charge in [-0.1, -0.05) is 44.6 Å². The smallest absolute Gasteiger partial charge is 0.0319 e. The van der Waals surface area contributed by atoms with E-state index >= 15 is 0 Å². The minimum atomic E-state index is 0.815. The van der Waals surface area contributed by atoms with E-state index in [0.29, 0.717) is 0 Å². The van der Waals surface area contributed by atoms with Gasteiger partial charge in [0, 0.05) is 0 Å². The van der Waals surface area contributed by atoms with E-state index in [-0.39, 0.29) is 0 Å². The van der Waals surface area contributed by atoms with Crippen molar-refractivity contribution in [2.75, 3.05) is 0 Å². The van der Waals surface area contributed by atoms with Crippen LogP contribution in [0.4, 0.5) is 0 Å². The van der Waals surface area contributed by atoms with Crippen LogP contribution in [0, 0.1) is 5.92 Å². The Morgan fingerprint density at radius 1 is 1.60 bits per heavy atom. The van der Waals surface area contributed by atoms with Gasteiger partial charge in [0.2, 0.25) is 0 Å². The normalized spacial score (nSPS) is 14.9. The van der Waals surface area contributed by atoms with Crippen LogP contribution in [0.15, 0.2) is 24.3 Å². The Bertz CT molecular complexity index is 120. The zero-order valence-corrected chi connectivity index (χ0v) is 7.35. The molecule has 0 heteroatoms. The molecular formula is C10H18. The molecule has 0 saturated heterocycles. The lowest BCUT2D eigenvalue weighted by Crippen LogP contribution is -1.88. The summed E-state index contributed by atoms with van der Waals surface area (Å²) in [6, 6.07) is 0. The van der Waals surface area contributed by atoms with Crippen LogP contribution < -0.4 is 0 Å². The van der Waals surface area contributed by atoms with E-state index in [9.17, 15) is 0 Å². The van der Waals surface area contributed by atoms with Gasteiger partial charge in [0.15, 0.2) is 0 Å². The predicted molar refractivity (Wildman–Crippen MR) is 48.0 cm³/mol. The van der Waals surface area contributed by atoms with Crippen molar-refractivity contribution in [3.63, 3.8) is 0 Å². The van der Waals surface area contributed by atoms with Crippen LogP contribution in [-0.4, -0.2) is 0 Å². The van der Waals surface area contributed by atoms with Crippen LogP contribution >= 0.6 is 0 Å². The van der Waals surface area contributed by atoms with Crippen molar-refractivity contribution in [3.8, 4) is 0 Å². The van der Waals surface area contributed by atoms with Crippen LogP contribution in [0.25, 0.3) is 0 Å². The Morgan fingerprint density at radius 2 is 2.20 bits per heavy atom. The fourth-order valence-corrected chi connectivity index (χ4v) is 0.637. The van der Waals surface area contributed by atoms with Gasteiger partial charge in [-0.15, -0.1) is 0 Å². The zero-order chi connectivity index (χ0) is 7.98. The summed E-state index contributed by atoms with van der Waals surface area (Å²) in [7, 11) is 0. The quantitative estimate of drug-likeness (QED) is 0.521. The fourth-order valence-electron chi connectivity index (χ4n) is 0.637. The Labute approximate surface area is 64.6 Å². The second-order valence-corrected chi connectivity index (χ2v) is 2.90. The average Bonchev–Trinajstić information content (AvgIpc) is 1.99. The molecule has 0 rings (SSSR count). The van der Waals surface area contributed by atoms with Gasteiger partial charge in [0.05, 0.1) is 0 Å². The highest BCUT2D eigenvalue weighted by molar-refractivity contribution is 5.12. The molecule has 0 heterocycles. The molecule has 0 saturated carbocycles. The third-order valence-corrected chi connectivity index (χ3v) is 1.86. The largest absolute Gasteiger partial charge is 0.0988 e. The second kappa shape index (κ2) is 5.28. The molecule has 0 amide bonds. The number of rotatable bonds is 4. The lowest BCUT2D eigenvalue weighted by atomic mass is 10.0. The maximum absolute atomic E-state index is 3.70. The van der Waals surface area contributed by atoms with E-state index in [1.807, 2.05) is 6.08 Å². The van der Waals surface area contributed by atoms with E-state index in [1.165, 1.54) is 18.4 Å². The van der Waals surface area contributed by atoms with E-state index in [4.69, 9.17) is 0 Å². The fraction of sp³-hybridized carbons (Fsp3) is 0.600. The summed E-state index contributed by atoms with van der Waals surface area (Å²) in [5, 5.41) is 0. The molecular weight excluding hydrogens is 120 g/mol. The van der Waals surface area contributed by atoms with Crippen LogP contribution in [-0.2, 0) is 0 Å². The summed E-state index contributed by atoms with van der Waals surface area (Å²) in [4.78, 5) is 0. The van der Waals surface area contributed by atoms with Gasteiger partial charge in [-0.3, -0.25) is 0 Å². The van der Waals surface area contributed by atoms with Crippen molar-refractivity contribution < 1.29 is 0 Å². The van der Waals surface area contributed by atoms with Crippen molar-refractivity contribution in [1.29, 1.82) is 0 Å². The molecule has 0 bridgehead atoms. The highest BCUT2D eigenvalue weighted by Gasteiger charge is 1.93. The van der Waals surface area contributed by atoms with E-state index in [0.717, 1.165) is 5.92 Å². The summed E-state index contributed by atoms with van der Waals surface area (Å²) < 4.78 is 0. The van der Waals surface area contributed by atoms with Gasteiger partial charge in [0.25, 0.3) is 0 Å². The first-order valence-electron chi connectivity index (χ1n) is 3.99. The minimum Gasteiger partial charge on any atom is -0.0988 e. The first-order valence-corrected chi connectivity index (χ1v) is 3.99. The number of hydrogen-bond donors (Lipinski definition) is 0. The molecule has 1 atom stereocenters. The van der Waals surface area contributed by atoms with Crippen LogP contribution in [0.5, 0.6) is 0 Å². The third kappa shape index (κ3) is 4.37. The van der Waals surface area contributed by atoms with Crippen molar-refractivity contribution in [1.82, 2.24) is 0 Å². The molecule has 0 aliphatic heterocycles. The molecule has 0 aromatic rings. The number of allylic oxidation sites excluding steroid dienone is 3. The van der Waals surface area contributed by atoms with Gasteiger partial charge in [-0.05, 0) is 19.3 Å².